The lowest BCUT2D eigenvalue weighted by atomic mass is 10.1. The Morgan fingerprint density at radius 1 is 0.560 bits per heavy atom. The lowest BCUT2D eigenvalue weighted by molar-refractivity contribution is -0.122. The first-order valence-corrected chi connectivity index (χ1v) is 21.4. The predicted octanol–water partition coefficient (Wildman–Crippen LogP) is 11.6. The molecule has 0 aliphatic rings. The van der Waals surface area contributed by atoms with E-state index in [1.54, 1.807) is 6.08 Å². The van der Waals surface area contributed by atoms with Gasteiger partial charge < -0.3 is 10.4 Å². The van der Waals surface area contributed by atoms with Crippen LogP contribution in [0.5, 0.6) is 0 Å². The number of hydrogen-bond acceptors (Lipinski definition) is 4. The molecule has 0 aromatic carbocycles. The highest BCUT2D eigenvalue weighted by molar-refractivity contribution is 7.85. The van der Waals surface area contributed by atoms with Gasteiger partial charge in [-0.25, -0.2) is 0 Å². The third-order valence-electron chi connectivity index (χ3n) is 8.28. The van der Waals surface area contributed by atoms with E-state index in [9.17, 15) is 22.9 Å². The largest absolute Gasteiger partial charge is 0.387 e. The van der Waals surface area contributed by atoms with E-state index in [2.05, 4.69) is 92.1 Å². The normalized spacial score (nSPS) is 14.2. The summed E-state index contributed by atoms with van der Waals surface area (Å²) < 4.78 is 32.4. The first kappa shape index (κ1) is 47.5. The fourth-order valence-corrected chi connectivity index (χ4v) is 6.09. The molecule has 2 atom stereocenters. The van der Waals surface area contributed by atoms with Crippen molar-refractivity contribution < 1.29 is 22.9 Å². The van der Waals surface area contributed by atoms with Crippen LogP contribution in [0.2, 0.25) is 0 Å². The van der Waals surface area contributed by atoms with Crippen LogP contribution in [-0.4, -0.2) is 41.9 Å². The topological polar surface area (TPSA) is 104 Å². The Morgan fingerprint density at radius 2 is 0.980 bits per heavy atom. The molecule has 7 heteroatoms. The van der Waals surface area contributed by atoms with E-state index in [0.717, 1.165) is 57.8 Å². The molecule has 0 fully saturated rings. The molecule has 0 radical (unpaired) electrons. The van der Waals surface area contributed by atoms with Crippen LogP contribution in [0.1, 0.15) is 162 Å². The van der Waals surface area contributed by atoms with E-state index in [-0.39, 0.29) is 12.3 Å². The molecule has 286 valence electrons. The molecule has 2 unspecified atom stereocenters. The fraction of sp³-hybridized carbons (Fsp3) is 0.651. The van der Waals surface area contributed by atoms with Crippen LogP contribution in [0.25, 0.3) is 0 Å². The van der Waals surface area contributed by atoms with Gasteiger partial charge >= 0.3 is 0 Å². The third kappa shape index (κ3) is 36.8. The summed E-state index contributed by atoms with van der Waals surface area (Å²) in [6.07, 6.45) is 52.9. The van der Waals surface area contributed by atoms with Crippen LogP contribution >= 0.6 is 0 Å². The molecule has 0 rings (SSSR count). The summed E-state index contributed by atoms with van der Waals surface area (Å²) in [5.74, 6) is -1.07. The molecular formula is C43H73NO5S. The van der Waals surface area contributed by atoms with Gasteiger partial charge in [-0.05, 0) is 83.5 Å². The number of amides is 1. The second-order valence-corrected chi connectivity index (χ2v) is 14.7. The number of carbonyl (C=O) groups is 1. The Balaban J connectivity index is 4.11. The van der Waals surface area contributed by atoms with Gasteiger partial charge in [-0.3, -0.25) is 9.35 Å². The summed E-state index contributed by atoms with van der Waals surface area (Å²) in [7, 11) is -4.38. The van der Waals surface area contributed by atoms with E-state index >= 15 is 0 Å². The summed E-state index contributed by atoms with van der Waals surface area (Å²) in [4.78, 5) is 12.5. The lowest BCUT2D eigenvalue weighted by Gasteiger charge is -2.21. The summed E-state index contributed by atoms with van der Waals surface area (Å²) in [5.41, 5.74) is 0. The monoisotopic (exact) mass is 716 g/mol. The van der Waals surface area contributed by atoms with Gasteiger partial charge in [0.2, 0.25) is 5.91 Å². The van der Waals surface area contributed by atoms with E-state index in [1.165, 1.54) is 76.7 Å². The van der Waals surface area contributed by atoms with Crippen molar-refractivity contribution in [2.45, 2.75) is 174 Å². The van der Waals surface area contributed by atoms with Gasteiger partial charge in [-0.15, -0.1) is 0 Å². The zero-order valence-corrected chi connectivity index (χ0v) is 32.6. The first-order chi connectivity index (χ1) is 24.3. The van der Waals surface area contributed by atoms with Crippen LogP contribution in [0.3, 0.4) is 0 Å². The number of hydrogen-bond donors (Lipinski definition) is 3. The molecule has 0 saturated carbocycles. The maximum Gasteiger partial charge on any atom is 0.267 e. The number of carbonyl (C=O) groups excluding carboxylic acids is 1. The number of aliphatic hydroxyl groups excluding tert-OH is 1. The number of aliphatic hydroxyl groups is 1. The van der Waals surface area contributed by atoms with Gasteiger partial charge in [0.1, 0.15) is 0 Å². The molecule has 3 N–H and O–H groups in total. The molecule has 0 heterocycles. The van der Waals surface area contributed by atoms with Crippen molar-refractivity contribution >= 4 is 16.0 Å². The van der Waals surface area contributed by atoms with E-state index in [4.69, 9.17) is 0 Å². The Morgan fingerprint density at radius 3 is 1.50 bits per heavy atom. The Bertz CT molecular complexity index is 1100. The van der Waals surface area contributed by atoms with Crippen molar-refractivity contribution in [2.75, 3.05) is 5.75 Å². The van der Waals surface area contributed by atoms with Gasteiger partial charge in [-0.2, -0.15) is 8.42 Å². The SMILES string of the molecule is CC/C=C\C/C=C\C/C=C\C/C=C\CCCCC(=O)NC(CS(=O)(=O)O)C(O)/C=C/CC/C=C/CC/C=C/CCCCCCCCCCCC. The van der Waals surface area contributed by atoms with Crippen LogP contribution < -0.4 is 5.32 Å². The number of nitrogens with one attached hydrogen (secondary N) is 1. The number of unbranched alkanes of at least 4 members (excludes halogenated alkanes) is 14. The minimum atomic E-state index is -4.38. The van der Waals surface area contributed by atoms with Crippen molar-refractivity contribution in [2.24, 2.45) is 0 Å². The highest BCUT2D eigenvalue weighted by Crippen LogP contribution is 2.12. The summed E-state index contributed by atoms with van der Waals surface area (Å²) in [6, 6.07) is -1.11. The van der Waals surface area contributed by atoms with Crippen molar-refractivity contribution in [1.29, 1.82) is 0 Å². The molecule has 50 heavy (non-hydrogen) atoms. The summed E-state index contributed by atoms with van der Waals surface area (Å²) >= 11 is 0. The minimum Gasteiger partial charge on any atom is -0.387 e. The van der Waals surface area contributed by atoms with Crippen molar-refractivity contribution in [3.63, 3.8) is 0 Å². The minimum absolute atomic E-state index is 0.227. The van der Waals surface area contributed by atoms with E-state index in [1.807, 2.05) is 0 Å². The molecule has 1 amide bonds. The average molecular weight is 716 g/mol. The Labute approximate surface area is 307 Å². The molecule has 0 spiro atoms. The molecule has 0 aliphatic heterocycles. The standard InChI is InChI=1S/C43H73NO5S/c1-3-5-7-9-11-13-15-17-19-20-21-22-23-25-26-28-30-32-34-36-38-42(45)41(40-50(47,48)49)44-43(46)39-37-35-33-31-29-27-24-18-16-14-12-10-8-6-4-2/h6,8,12,14,18,22-24,28-31,36,38,41-42,45H,3-5,7,9-11,13,15-17,19-21,25-27,32-35,37,39-40H2,1-2H3,(H,44,46)(H,47,48,49)/b8-6-,14-12-,23-22+,24-18-,30-28+,31-29-,38-36+. The summed E-state index contributed by atoms with van der Waals surface area (Å²) in [6.45, 7) is 4.39. The summed E-state index contributed by atoms with van der Waals surface area (Å²) in [5, 5.41) is 13.2. The molecule has 0 bridgehead atoms. The van der Waals surface area contributed by atoms with Gasteiger partial charge in [0.25, 0.3) is 10.1 Å². The van der Waals surface area contributed by atoms with Gasteiger partial charge in [-0.1, -0.05) is 157 Å². The fourth-order valence-electron chi connectivity index (χ4n) is 5.35. The zero-order chi connectivity index (χ0) is 36.8. The maximum absolute atomic E-state index is 12.5. The highest BCUT2D eigenvalue weighted by atomic mass is 32.2. The van der Waals surface area contributed by atoms with Crippen LogP contribution in [-0.2, 0) is 14.9 Å². The lowest BCUT2D eigenvalue weighted by Crippen LogP contribution is -2.46. The highest BCUT2D eigenvalue weighted by Gasteiger charge is 2.24. The van der Waals surface area contributed by atoms with Gasteiger partial charge in [0, 0.05) is 6.42 Å². The van der Waals surface area contributed by atoms with Gasteiger partial charge in [0.15, 0.2) is 0 Å². The van der Waals surface area contributed by atoms with Crippen molar-refractivity contribution in [1.82, 2.24) is 5.32 Å². The molecule has 0 saturated heterocycles. The quantitative estimate of drug-likeness (QED) is 0.0349. The molecule has 0 aliphatic carbocycles. The first-order valence-electron chi connectivity index (χ1n) is 19.8. The second kappa shape index (κ2) is 36.3. The average Bonchev–Trinajstić information content (AvgIpc) is 3.08. The smallest absolute Gasteiger partial charge is 0.267 e. The zero-order valence-electron chi connectivity index (χ0n) is 31.7. The van der Waals surface area contributed by atoms with Crippen LogP contribution in [0, 0.1) is 0 Å². The van der Waals surface area contributed by atoms with E-state index < -0.39 is 28.0 Å². The molecule has 6 nitrogen and oxygen atoms in total. The third-order valence-corrected chi connectivity index (χ3v) is 9.06. The van der Waals surface area contributed by atoms with E-state index in [0.29, 0.717) is 12.8 Å². The van der Waals surface area contributed by atoms with Crippen LogP contribution in [0.15, 0.2) is 85.1 Å². The predicted molar refractivity (Wildman–Crippen MR) is 216 cm³/mol. The number of allylic oxidation sites excluding steroid dienone is 13. The second-order valence-electron chi connectivity index (χ2n) is 13.2. The molecule has 0 aromatic rings. The van der Waals surface area contributed by atoms with Crippen LogP contribution in [0.4, 0.5) is 0 Å². The molecule has 0 aromatic heterocycles. The molecular weight excluding hydrogens is 643 g/mol. The van der Waals surface area contributed by atoms with Crippen molar-refractivity contribution in [3.05, 3.63) is 85.1 Å². The Kier molecular flexibility index (Phi) is 34.5. The van der Waals surface area contributed by atoms with Crippen molar-refractivity contribution in [3.8, 4) is 0 Å². The van der Waals surface area contributed by atoms with Gasteiger partial charge in [0.05, 0.1) is 17.9 Å². The Hall–Kier alpha value is -2.48. The maximum atomic E-state index is 12.5. The number of rotatable bonds is 34.